The Morgan fingerprint density at radius 3 is 1.12 bits per heavy atom. The minimum absolute atomic E-state index is 0.0520. The van der Waals surface area contributed by atoms with Crippen molar-refractivity contribution >= 4 is 53.0 Å². The van der Waals surface area contributed by atoms with Crippen molar-refractivity contribution in [3.63, 3.8) is 0 Å². The van der Waals surface area contributed by atoms with Gasteiger partial charge in [-0.25, -0.2) is 0 Å². The van der Waals surface area contributed by atoms with Gasteiger partial charge in [0.1, 0.15) is 60.0 Å². The number of rotatable bonds is 51. The van der Waals surface area contributed by atoms with Crippen molar-refractivity contribution in [2.24, 2.45) is 5.73 Å². The van der Waals surface area contributed by atoms with E-state index in [0.29, 0.717) is 51.4 Å². The van der Waals surface area contributed by atoms with Crippen molar-refractivity contribution in [2.45, 2.75) is 222 Å². The zero-order chi connectivity index (χ0) is 65.1. The summed E-state index contributed by atoms with van der Waals surface area (Å²) in [6.07, 6.45) is 0.604. The van der Waals surface area contributed by atoms with E-state index >= 15 is 0 Å². The van der Waals surface area contributed by atoms with E-state index in [9.17, 15) is 73.8 Å². The van der Waals surface area contributed by atoms with Gasteiger partial charge in [-0.05, 0) is 58.3 Å². The van der Waals surface area contributed by atoms with Crippen molar-refractivity contribution in [1.29, 1.82) is 0 Å². The summed E-state index contributed by atoms with van der Waals surface area (Å²) in [4.78, 5) is 110. The highest BCUT2D eigenvalue weighted by molar-refractivity contribution is 5.78. The van der Waals surface area contributed by atoms with Crippen molar-refractivity contribution in [3.8, 4) is 0 Å². The van der Waals surface area contributed by atoms with Crippen molar-refractivity contribution in [1.82, 2.24) is 37.2 Å². The second kappa shape index (κ2) is 46.9. The lowest BCUT2D eigenvalue weighted by molar-refractivity contribution is -0.270. The van der Waals surface area contributed by atoms with Gasteiger partial charge in [-0.3, -0.25) is 38.4 Å². The molecule has 0 aliphatic carbocycles. The summed E-state index contributed by atoms with van der Waals surface area (Å²) in [5, 5.41) is 79.4. The minimum atomic E-state index is -1.44. The first-order valence-corrected chi connectivity index (χ1v) is 31.0. The maximum Gasteiger partial charge on any atom is 0.222 e. The van der Waals surface area contributed by atoms with E-state index in [1.807, 2.05) is 0 Å². The molecule has 2 rings (SSSR count). The van der Waals surface area contributed by atoms with Crippen LogP contribution >= 0.6 is 0 Å². The van der Waals surface area contributed by atoms with E-state index in [2.05, 4.69) is 37.2 Å². The van der Waals surface area contributed by atoms with Crippen LogP contribution in [0.1, 0.15) is 156 Å². The third-order valence-electron chi connectivity index (χ3n) is 14.3. The SMILES string of the molecule is CC(=O)CCCCCCCCCCC(=O)NC(COCCC(N)=O)(COCCC(=O)NCCCNC(=O)CCCCO[C@@H]1OC(CO)[C@@H](O)C(O)C1NC(C)=O)COCCC(=O)NCCCNC(=O)CCCCO[C@@H]1OC(CO)[C@@H](O)C(O)C1NC(C)=O. The molecule has 2 fully saturated rings. The molecule has 8 amide bonds. The van der Waals surface area contributed by atoms with E-state index < -0.39 is 97.8 Å². The number of nitrogens with two attached hydrogens (primary N) is 1. The molecule has 508 valence electrons. The third-order valence-corrected chi connectivity index (χ3v) is 14.3. The van der Waals surface area contributed by atoms with Crippen LogP contribution in [-0.4, -0.2) is 243 Å². The van der Waals surface area contributed by atoms with E-state index in [-0.39, 0.29) is 153 Å². The van der Waals surface area contributed by atoms with Gasteiger partial charge in [0.2, 0.25) is 47.3 Å². The lowest BCUT2D eigenvalue weighted by Gasteiger charge is -2.42. The van der Waals surface area contributed by atoms with E-state index in [1.54, 1.807) is 6.92 Å². The van der Waals surface area contributed by atoms with Gasteiger partial charge >= 0.3 is 0 Å². The number of ether oxygens (including phenoxy) is 7. The number of aliphatic hydroxyl groups excluding tert-OH is 6. The fraction of sp³-hybridized carbons (Fsp3) is 0.845. The first-order valence-electron chi connectivity index (χ1n) is 31.0. The molecular formula is C58H104N8O22. The highest BCUT2D eigenvalue weighted by Crippen LogP contribution is 2.24. The van der Waals surface area contributed by atoms with Gasteiger partial charge < -0.3 is 112 Å². The maximum atomic E-state index is 13.5. The summed E-state index contributed by atoms with van der Waals surface area (Å²) in [6.45, 7) is 3.52. The second-order valence-corrected chi connectivity index (χ2v) is 22.4. The quantitative estimate of drug-likeness (QED) is 0.0281. The third kappa shape index (κ3) is 35.3. The molecule has 30 heteroatoms. The van der Waals surface area contributed by atoms with E-state index in [1.165, 1.54) is 13.8 Å². The predicted octanol–water partition coefficient (Wildman–Crippen LogP) is -2.46. The molecule has 0 spiro atoms. The van der Waals surface area contributed by atoms with E-state index in [4.69, 9.17) is 38.9 Å². The van der Waals surface area contributed by atoms with Crippen molar-refractivity contribution in [2.75, 3.05) is 92.2 Å². The molecule has 0 bridgehead atoms. The summed E-state index contributed by atoms with van der Waals surface area (Å²) in [6, 6.07) is -2.14. The van der Waals surface area contributed by atoms with Crippen molar-refractivity contribution in [3.05, 3.63) is 0 Å². The van der Waals surface area contributed by atoms with Crippen LogP contribution in [0.5, 0.6) is 0 Å². The van der Waals surface area contributed by atoms with Gasteiger partial charge in [0, 0.05) is 98.2 Å². The van der Waals surface area contributed by atoms with Crippen molar-refractivity contribution < 1.29 is 107 Å². The molecule has 15 N–H and O–H groups in total. The topological polar surface area (TPSA) is 450 Å². The highest BCUT2D eigenvalue weighted by atomic mass is 16.7. The summed E-state index contributed by atoms with van der Waals surface area (Å²) in [5.41, 5.74) is 4.04. The Bertz CT molecular complexity index is 1950. The first-order chi connectivity index (χ1) is 42.1. The number of carbonyl (C=O) groups is 9. The van der Waals surface area contributed by atoms with Crippen LogP contribution in [0.15, 0.2) is 0 Å². The van der Waals surface area contributed by atoms with Crippen LogP contribution in [0.4, 0.5) is 0 Å². The molecule has 2 aliphatic rings. The summed E-state index contributed by atoms with van der Waals surface area (Å²) >= 11 is 0. The molecule has 0 aromatic rings. The molecule has 0 radical (unpaired) electrons. The number of hydrogen-bond acceptors (Lipinski definition) is 22. The predicted molar refractivity (Wildman–Crippen MR) is 315 cm³/mol. The summed E-state index contributed by atoms with van der Waals surface area (Å²) in [5.74, 6) is -2.77. The fourth-order valence-corrected chi connectivity index (χ4v) is 9.46. The Kier molecular flexibility index (Phi) is 42.1. The molecule has 30 nitrogen and oxygen atoms in total. The number of nitrogens with one attached hydrogen (secondary N) is 7. The fourth-order valence-electron chi connectivity index (χ4n) is 9.46. The number of carbonyl (C=O) groups excluding carboxylic acids is 9. The van der Waals surface area contributed by atoms with Crippen LogP contribution in [0.2, 0.25) is 0 Å². The lowest BCUT2D eigenvalue weighted by Crippen LogP contribution is -2.64. The Labute approximate surface area is 516 Å². The standard InChI is InChI=1S/C58H104N8O22/c1-39(69)18-10-8-6-4-5-7-9-11-21-49(77)66-58(36-82-31-22-44(59)72,37-83-32-23-47(75)62-27-16-25-60-45(73)19-12-14-29-85-56-50(64-40(2)70)54(80)52(78)42(34-67)87-56)38-84-33-24-48(76)63-28-17-26-61-46(74)20-13-15-30-86-57-51(65-41(3)71)55(81)53(79)43(35-68)88-57/h42-43,50-57,67-68,78-81H,4-38H2,1-3H3,(H2,59,72)(H,60,73)(H,61,74)(H,62,75)(H,63,76)(H,64,70)(H,65,71)(H,66,77)/t42?,43?,50?,51?,52-,53-,54?,55?,56-,57-,58?/m1/s1. The molecule has 2 saturated heterocycles. The number of hydrogen-bond donors (Lipinski definition) is 14. The number of primary amides is 1. The number of ketones is 1. The molecular weight excluding hydrogens is 1160 g/mol. The second-order valence-electron chi connectivity index (χ2n) is 22.4. The zero-order valence-corrected chi connectivity index (χ0v) is 51.8. The number of amides is 8. The average molecular weight is 1270 g/mol. The molecule has 10 atom stereocenters. The van der Waals surface area contributed by atoms with Crippen LogP contribution in [0.3, 0.4) is 0 Å². The molecule has 2 aliphatic heterocycles. The Hall–Kier alpha value is -5.09. The number of Topliss-reactive ketones (excluding diaryl/α,β-unsaturated/α-hetero) is 1. The monoisotopic (exact) mass is 1260 g/mol. The first kappa shape index (κ1) is 79.0. The Morgan fingerprint density at radius 2 is 0.761 bits per heavy atom. The van der Waals surface area contributed by atoms with Crippen LogP contribution < -0.4 is 43.0 Å². The summed E-state index contributed by atoms with van der Waals surface area (Å²) < 4.78 is 40.2. The Balaban J connectivity index is 1.83. The minimum Gasteiger partial charge on any atom is -0.394 e. The normalized spacial score (nSPS) is 22.4. The molecule has 0 saturated carbocycles. The van der Waals surface area contributed by atoms with E-state index in [0.717, 1.165) is 44.9 Å². The zero-order valence-electron chi connectivity index (χ0n) is 51.8. The van der Waals surface area contributed by atoms with Gasteiger partial charge in [-0.1, -0.05) is 38.5 Å². The van der Waals surface area contributed by atoms with Crippen LogP contribution in [0.25, 0.3) is 0 Å². The van der Waals surface area contributed by atoms with Gasteiger partial charge in [-0.15, -0.1) is 0 Å². The molecule has 88 heavy (non-hydrogen) atoms. The van der Waals surface area contributed by atoms with Crippen LogP contribution in [-0.2, 0) is 76.3 Å². The van der Waals surface area contributed by atoms with Crippen LogP contribution in [0, 0.1) is 0 Å². The average Bonchev–Trinajstić information content (AvgIpc) is 2.07. The Morgan fingerprint density at radius 1 is 0.420 bits per heavy atom. The number of unbranched alkanes of at least 4 members (excludes halogenated alkanes) is 9. The smallest absolute Gasteiger partial charge is 0.222 e. The van der Waals surface area contributed by atoms with Gasteiger partial charge in [-0.2, -0.15) is 0 Å². The molecule has 0 aromatic carbocycles. The molecule has 2 heterocycles. The highest BCUT2D eigenvalue weighted by Gasteiger charge is 2.46. The van der Waals surface area contributed by atoms with Gasteiger partial charge in [0.05, 0.1) is 52.9 Å². The molecule has 6 unspecified atom stereocenters. The largest absolute Gasteiger partial charge is 0.394 e. The lowest BCUT2D eigenvalue weighted by atomic mass is 9.97. The summed E-state index contributed by atoms with van der Waals surface area (Å²) in [7, 11) is 0. The maximum absolute atomic E-state index is 13.5. The molecule has 0 aromatic heterocycles. The van der Waals surface area contributed by atoms with Gasteiger partial charge in [0.15, 0.2) is 12.6 Å². The number of aliphatic hydroxyl groups is 6. The van der Waals surface area contributed by atoms with Gasteiger partial charge in [0.25, 0.3) is 0 Å².